The molecule has 1 unspecified atom stereocenters. The van der Waals surface area contributed by atoms with E-state index in [1.54, 1.807) is 0 Å². The van der Waals surface area contributed by atoms with Crippen LogP contribution in [0, 0.1) is 5.92 Å². The molecule has 0 aromatic heterocycles. The third-order valence-corrected chi connectivity index (χ3v) is 4.94. The van der Waals surface area contributed by atoms with Crippen LogP contribution in [0.15, 0.2) is 54.6 Å². The molecule has 144 valence electrons. The fraction of sp³-hybridized carbons (Fsp3) is 0.435. The molecule has 1 aliphatic heterocycles. The van der Waals surface area contributed by atoms with Gasteiger partial charge in [0.15, 0.2) is 0 Å². The van der Waals surface area contributed by atoms with Crippen LogP contribution in [0.1, 0.15) is 47.8 Å². The lowest BCUT2D eigenvalue weighted by Crippen LogP contribution is -2.35. The maximum absolute atomic E-state index is 12.8. The first kappa shape index (κ1) is 19.6. The van der Waals surface area contributed by atoms with E-state index in [2.05, 4.69) is 48.3 Å². The lowest BCUT2D eigenvalue weighted by molar-refractivity contribution is 0.0342. The van der Waals surface area contributed by atoms with Crippen LogP contribution in [0.2, 0.25) is 0 Å². The molecule has 1 aliphatic rings. The average Bonchev–Trinajstić information content (AvgIpc) is 2.69. The van der Waals surface area contributed by atoms with Crippen molar-refractivity contribution in [3.8, 4) is 0 Å². The number of hydrogen-bond donors (Lipinski definition) is 1. The number of rotatable bonds is 7. The quantitative estimate of drug-likeness (QED) is 0.804. The van der Waals surface area contributed by atoms with Crippen LogP contribution in [0.4, 0.5) is 0 Å². The van der Waals surface area contributed by atoms with Gasteiger partial charge in [-0.25, -0.2) is 0 Å². The van der Waals surface area contributed by atoms with Gasteiger partial charge >= 0.3 is 0 Å². The Morgan fingerprint density at radius 2 is 1.70 bits per heavy atom. The Bertz CT molecular complexity index is 707. The molecule has 1 atom stereocenters. The fourth-order valence-electron chi connectivity index (χ4n) is 3.46. The molecule has 3 rings (SSSR count). The van der Waals surface area contributed by atoms with Crippen molar-refractivity contribution in [2.45, 2.75) is 32.9 Å². The van der Waals surface area contributed by atoms with Crippen molar-refractivity contribution < 1.29 is 9.53 Å². The highest BCUT2D eigenvalue weighted by molar-refractivity contribution is 5.94. The maximum atomic E-state index is 12.8. The van der Waals surface area contributed by atoms with E-state index in [1.165, 1.54) is 5.56 Å². The van der Waals surface area contributed by atoms with Gasteiger partial charge in [0, 0.05) is 25.2 Å². The summed E-state index contributed by atoms with van der Waals surface area (Å²) in [6.07, 6.45) is 0.921. The average molecular weight is 367 g/mol. The van der Waals surface area contributed by atoms with Crippen molar-refractivity contribution in [2.75, 3.05) is 26.3 Å². The second-order valence-electron chi connectivity index (χ2n) is 7.65. The highest BCUT2D eigenvalue weighted by atomic mass is 16.5. The van der Waals surface area contributed by atoms with Gasteiger partial charge in [-0.1, -0.05) is 56.3 Å². The van der Waals surface area contributed by atoms with Crippen LogP contribution in [-0.4, -0.2) is 37.1 Å². The summed E-state index contributed by atoms with van der Waals surface area (Å²) in [7, 11) is 0. The number of nitrogens with zero attached hydrogens (tertiary/aromatic N) is 1. The van der Waals surface area contributed by atoms with Crippen molar-refractivity contribution in [1.29, 1.82) is 0 Å². The van der Waals surface area contributed by atoms with Crippen LogP contribution in [0.5, 0.6) is 0 Å². The van der Waals surface area contributed by atoms with Gasteiger partial charge in [0.25, 0.3) is 5.91 Å². The Balaban J connectivity index is 1.63. The van der Waals surface area contributed by atoms with Crippen LogP contribution in [-0.2, 0) is 11.3 Å². The summed E-state index contributed by atoms with van der Waals surface area (Å²) in [6.45, 7) is 8.82. The number of morpholine rings is 1. The maximum Gasteiger partial charge on any atom is 0.251 e. The second-order valence-corrected chi connectivity index (χ2v) is 7.65. The fourth-order valence-corrected chi connectivity index (χ4v) is 3.46. The van der Waals surface area contributed by atoms with Crippen LogP contribution >= 0.6 is 0 Å². The number of hydrogen-bond acceptors (Lipinski definition) is 3. The molecule has 0 aliphatic carbocycles. The van der Waals surface area contributed by atoms with Gasteiger partial charge in [0.1, 0.15) is 0 Å². The summed E-state index contributed by atoms with van der Waals surface area (Å²) in [6, 6.07) is 18.2. The smallest absolute Gasteiger partial charge is 0.251 e. The summed E-state index contributed by atoms with van der Waals surface area (Å²) < 4.78 is 5.39. The number of carbonyl (C=O) groups excluding carboxylic acids is 1. The van der Waals surface area contributed by atoms with Gasteiger partial charge in [-0.3, -0.25) is 9.69 Å². The van der Waals surface area contributed by atoms with E-state index in [9.17, 15) is 4.79 Å². The predicted octanol–water partition coefficient (Wildman–Crippen LogP) is 4.04. The molecule has 1 N–H and O–H groups in total. The van der Waals surface area contributed by atoms with E-state index in [4.69, 9.17) is 4.74 Å². The minimum atomic E-state index is -0.0116. The molecule has 1 fully saturated rings. The van der Waals surface area contributed by atoms with Gasteiger partial charge < -0.3 is 10.1 Å². The molecule has 0 spiro atoms. The summed E-state index contributed by atoms with van der Waals surface area (Å²) >= 11 is 0. The van der Waals surface area contributed by atoms with E-state index in [1.807, 2.05) is 30.3 Å². The largest absolute Gasteiger partial charge is 0.379 e. The van der Waals surface area contributed by atoms with E-state index in [-0.39, 0.29) is 11.9 Å². The van der Waals surface area contributed by atoms with E-state index >= 15 is 0 Å². The van der Waals surface area contributed by atoms with E-state index in [0.717, 1.165) is 44.8 Å². The molecular formula is C23H30N2O2. The zero-order valence-corrected chi connectivity index (χ0v) is 16.4. The number of ether oxygens (including phenoxy) is 1. The van der Waals surface area contributed by atoms with E-state index in [0.29, 0.717) is 11.5 Å². The van der Waals surface area contributed by atoms with Crippen molar-refractivity contribution >= 4 is 5.91 Å². The summed E-state index contributed by atoms with van der Waals surface area (Å²) in [5.41, 5.74) is 3.10. The normalized spacial score (nSPS) is 16.3. The molecule has 2 aromatic rings. The predicted molar refractivity (Wildman–Crippen MR) is 109 cm³/mol. The zero-order chi connectivity index (χ0) is 19.1. The molecule has 1 amide bonds. The SMILES string of the molecule is CC(C)CC(NC(=O)c1ccc(CN2CCOCC2)cc1)c1ccccc1. The van der Waals surface area contributed by atoms with E-state index < -0.39 is 0 Å². The molecule has 0 bridgehead atoms. The molecule has 4 heteroatoms. The Morgan fingerprint density at radius 3 is 2.33 bits per heavy atom. The van der Waals surface area contributed by atoms with Gasteiger partial charge in [0.2, 0.25) is 0 Å². The molecule has 1 heterocycles. The monoisotopic (exact) mass is 366 g/mol. The van der Waals surface area contributed by atoms with Crippen LogP contribution in [0.25, 0.3) is 0 Å². The van der Waals surface area contributed by atoms with Gasteiger partial charge in [0.05, 0.1) is 19.3 Å². The molecule has 2 aromatic carbocycles. The Labute approximate surface area is 162 Å². The first-order chi connectivity index (χ1) is 13.1. The Hall–Kier alpha value is -2.17. The number of nitrogens with one attached hydrogen (secondary N) is 1. The minimum Gasteiger partial charge on any atom is -0.379 e. The summed E-state index contributed by atoms with van der Waals surface area (Å²) in [5, 5.41) is 3.22. The molecule has 0 radical (unpaired) electrons. The van der Waals surface area contributed by atoms with Crippen molar-refractivity contribution in [1.82, 2.24) is 10.2 Å². The lowest BCUT2D eigenvalue weighted by atomic mass is 9.96. The third-order valence-electron chi connectivity index (χ3n) is 4.94. The van der Waals surface area contributed by atoms with Gasteiger partial charge in [-0.15, -0.1) is 0 Å². The van der Waals surface area contributed by atoms with Crippen LogP contribution < -0.4 is 5.32 Å². The Morgan fingerprint density at radius 1 is 1.04 bits per heavy atom. The van der Waals surface area contributed by atoms with Crippen molar-refractivity contribution in [3.05, 3.63) is 71.3 Å². The molecule has 1 saturated heterocycles. The van der Waals surface area contributed by atoms with Crippen molar-refractivity contribution in [3.63, 3.8) is 0 Å². The minimum absolute atomic E-state index is 0.0116. The number of benzene rings is 2. The van der Waals surface area contributed by atoms with Gasteiger partial charge in [-0.2, -0.15) is 0 Å². The molecule has 0 saturated carbocycles. The highest BCUT2D eigenvalue weighted by Crippen LogP contribution is 2.22. The Kier molecular flexibility index (Phi) is 7.02. The van der Waals surface area contributed by atoms with Crippen molar-refractivity contribution in [2.24, 2.45) is 5.92 Å². The first-order valence-electron chi connectivity index (χ1n) is 9.86. The molecular weight excluding hydrogens is 336 g/mol. The number of amides is 1. The summed E-state index contributed by atoms with van der Waals surface area (Å²) in [4.78, 5) is 15.2. The standard InChI is InChI=1S/C23H30N2O2/c1-18(2)16-22(20-6-4-3-5-7-20)24-23(26)21-10-8-19(9-11-21)17-25-12-14-27-15-13-25/h3-11,18,22H,12-17H2,1-2H3,(H,24,26). The molecule has 4 nitrogen and oxygen atoms in total. The highest BCUT2D eigenvalue weighted by Gasteiger charge is 2.17. The lowest BCUT2D eigenvalue weighted by Gasteiger charge is -2.26. The van der Waals surface area contributed by atoms with Crippen LogP contribution in [0.3, 0.4) is 0 Å². The molecule has 27 heavy (non-hydrogen) atoms. The third kappa shape index (κ3) is 5.91. The topological polar surface area (TPSA) is 41.6 Å². The van der Waals surface area contributed by atoms with Gasteiger partial charge in [-0.05, 0) is 35.6 Å². The zero-order valence-electron chi connectivity index (χ0n) is 16.4. The summed E-state index contributed by atoms with van der Waals surface area (Å²) in [5.74, 6) is 0.494. The first-order valence-corrected chi connectivity index (χ1v) is 9.86. The second kappa shape index (κ2) is 9.67. The number of carbonyl (C=O) groups is 1.